The number of rotatable bonds is 2. The van der Waals surface area contributed by atoms with Crippen molar-refractivity contribution in [2.24, 2.45) is 4.99 Å². The van der Waals surface area contributed by atoms with E-state index in [-0.39, 0.29) is 0 Å². The van der Waals surface area contributed by atoms with Gasteiger partial charge in [0.05, 0.1) is 6.54 Å². The SMILES string of the molecule is c1cncc(CN=C2NC3(CCCC3)CS2)c1. The molecule has 2 heterocycles. The van der Waals surface area contributed by atoms with Crippen LogP contribution >= 0.6 is 11.8 Å². The van der Waals surface area contributed by atoms with Crippen molar-refractivity contribution in [2.75, 3.05) is 5.75 Å². The fourth-order valence-electron chi connectivity index (χ4n) is 2.57. The van der Waals surface area contributed by atoms with Gasteiger partial charge in [-0.2, -0.15) is 0 Å². The lowest BCUT2D eigenvalue weighted by Crippen LogP contribution is -2.40. The standard InChI is InChI=1S/C13H17N3S/c1-2-6-13(5-1)10-17-12(16-13)15-9-11-4-3-7-14-8-11/h3-4,7-8H,1-2,5-6,9-10H2,(H,15,16). The van der Waals surface area contributed by atoms with E-state index in [0.29, 0.717) is 5.54 Å². The van der Waals surface area contributed by atoms with E-state index in [0.717, 1.165) is 11.7 Å². The first-order valence-corrected chi connectivity index (χ1v) is 7.19. The maximum absolute atomic E-state index is 4.64. The molecule has 1 aliphatic carbocycles. The molecule has 0 amide bonds. The number of hydrogen-bond donors (Lipinski definition) is 1. The van der Waals surface area contributed by atoms with Gasteiger partial charge < -0.3 is 5.32 Å². The Morgan fingerprint density at radius 3 is 3.06 bits per heavy atom. The zero-order chi connectivity index (χ0) is 11.6. The first-order chi connectivity index (χ1) is 8.36. The molecule has 0 atom stereocenters. The quantitative estimate of drug-likeness (QED) is 0.873. The predicted octanol–water partition coefficient (Wildman–Crippen LogP) is 2.59. The van der Waals surface area contributed by atoms with Crippen LogP contribution in [0.4, 0.5) is 0 Å². The third-order valence-electron chi connectivity index (χ3n) is 3.55. The molecule has 90 valence electrons. The molecule has 17 heavy (non-hydrogen) atoms. The topological polar surface area (TPSA) is 37.3 Å². The summed E-state index contributed by atoms with van der Waals surface area (Å²) in [5.74, 6) is 1.19. The molecule has 1 aromatic heterocycles. The van der Waals surface area contributed by atoms with Gasteiger partial charge in [-0.1, -0.05) is 30.7 Å². The molecule has 0 bridgehead atoms. The molecule has 1 aliphatic heterocycles. The Hall–Kier alpha value is -1.03. The Morgan fingerprint density at radius 1 is 1.41 bits per heavy atom. The Labute approximate surface area is 106 Å². The van der Waals surface area contributed by atoms with Crippen molar-refractivity contribution in [1.29, 1.82) is 0 Å². The Morgan fingerprint density at radius 2 is 2.29 bits per heavy atom. The van der Waals surface area contributed by atoms with Crippen molar-refractivity contribution < 1.29 is 0 Å². The van der Waals surface area contributed by atoms with Crippen molar-refractivity contribution in [3.05, 3.63) is 30.1 Å². The lowest BCUT2D eigenvalue weighted by atomic mass is 10.0. The van der Waals surface area contributed by atoms with Crippen LogP contribution in [0.3, 0.4) is 0 Å². The second-order valence-corrected chi connectivity index (χ2v) is 5.85. The lowest BCUT2D eigenvalue weighted by molar-refractivity contribution is 0.452. The fourth-order valence-corrected chi connectivity index (χ4v) is 3.78. The largest absolute Gasteiger partial charge is 0.359 e. The van der Waals surface area contributed by atoms with E-state index in [2.05, 4.69) is 21.4 Å². The smallest absolute Gasteiger partial charge is 0.157 e. The highest BCUT2D eigenvalue weighted by molar-refractivity contribution is 8.14. The number of pyridine rings is 1. The van der Waals surface area contributed by atoms with Crippen molar-refractivity contribution in [2.45, 2.75) is 37.8 Å². The fraction of sp³-hybridized carbons (Fsp3) is 0.538. The number of aromatic nitrogens is 1. The van der Waals surface area contributed by atoms with Gasteiger partial charge in [-0.3, -0.25) is 9.98 Å². The van der Waals surface area contributed by atoms with Gasteiger partial charge in [0.25, 0.3) is 0 Å². The highest BCUT2D eigenvalue weighted by atomic mass is 32.2. The van der Waals surface area contributed by atoms with Crippen LogP contribution < -0.4 is 5.32 Å². The number of aliphatic imine (C=N–C) groups is 1. The molecule has 0 aromatic carbocycles. The third-order valence-corrected chi connectivity index (χ3v) is 4.75. The molecular formula is C13H17N3S. The van der Waals surface area contributed by atoms with Crippen molar-refractivity contribution in [3.8, 4) is 0 Å². The van der Waals surface area contributed by atoms with Gasteiger partial charge in [-0.05, 0) is 24.5 Å². The van der Waals surface area contributed by atoms with Crippen molar-refractivity contribution >= 4 is 16.9 Å². The van der Waals surface area contributed by atoms with Crippen LogP contribution in [0, 0.1) is 0 Å². The summed E-state index contributed by atoms with van der Waals surface area (Å²) in [5.41, 5.74) is 1.55. The number of nitrogens with one attached hydrogen (secondary N) is 1. The van der Waals surface area contributed by atoms with Gasteiger partial charge in [-0.15, -0.1) is 0 Å². The molecule has 1 N–H and O–H groups in total. The second kappa shape index (κ2) is 4.69. The molecule has 2 fully saturated rings. The van der Waals surface area contributed by atoms with Gasteiger partial charge >= 0.3 is 0 Å². The molecule has 3 nitrogen and oxygen atoms in total. The lowest BCUT2D eigenvalue weighted by Gasteiger charge is -2.21. The van der Waals surface area contributed by atoms with Crippen LogP contribution in [-0.4, -0.2) is 21.4 Å². The summed E-state index contributed by atoms with van der Waals surface area (Å²) < 4.78 is 0. The summed E-state index contributed by atoms with van der Waals surface area (Å²) >= 11 is 1.88. The monoisotopic (exact) mass is 247 g/mol. The normalized spacial score (nSPS) is 24.4. The minimum atomic E-state index is 0.373. The number of amidine groups is 1. The minimum absolute atomic E-state index is 0.373. The number of hydrogen-bond acceptors (Lipinski definition) is 3. The van der Waals surface area contributed by atoms with Crippen LogP contribution in [0.2, 0.25) is 0 Å². The second-order valence-electron chi connectivity index (χ2n) is 4.88. The van der Waals surface area contributed by atoms with E-state index in [9.17, 15) is 0 Å². The highest BCUT2D eigenvalue weighted by Crippen LogP contribution is 2.37. The van der Waals surface area contributed by atoms with Gasteiger partial charge in [0, 0.05) is 23.7 Å². The summed E-state index contributed by atoms with van der Waals surface area (Å²) in [6, 6.07) is 4.03. The van der Waals surface area contributed by atoms with Crippen LogP contribution in [0.5, 0.6) is 0 Å². The van der Waals surface area contributed by atoms with Crippen molar-refractivity contribution in [1.82, 2.24) is 10.3 Å². The summed E-state index contributed by atoms with van der Waals surface area (Å²) in [4.78, 5) is 8.75. The van der Waals surface area contributed by atoms with E-state index >= 15 is 0 Å². The Balaban J connectivity index is 1.63. The van der Waals surface area contributed by atoms with Gasteiger partial charge in [0.2, 0.25) is 0 Å². The zero-order valence-corrected chi connectivity index (χ0v) is 10.7. The van der Waals surface area contributed by atoms with E-state index in [4.69, 9.17) is 0 Å². The molecule has 1 spiro atoms. The molecule has 3 rings (SSSR count). The van der Waals surface area contributed by atoms with Gasteiger partial charge in [-0.25, -0.2) is 0 Å². The van der Waals surface area contributed by atoms with Gasteiger partial charge in [0.15, 0.2) is 5.17 Å². The third kappa shape index (κ3) is 2.46. The average Bonchev–Trinajstić information content (AvgIpc) is 2.99. The van der Waals surface area contributed by atoms with E-state index in [1.807, 2.05) is 24.0 Å². The van der Waals surface area contributed by atoms with Crippen molar-refractivity contribution in [3.63, 3.8) is 0 Å². The Kier molecular flexibility index (Phi) is 3.05. The van der Waals surface area contributed by atoms with Crippen LogP contribution in [0.1, 0.15) is 31.2 Å². The van der Waals surface area contributed by atoms with E-state index in [1.165, 1.54) is 37.0 Å². The van der Waals surface area contributed by atoms with Crippen LogP contribution in [0.25, 0.3) is 0 Å². The van der Waals surface area contributed by atoms with Crippen LogP contribution in [0.15, 0.2) is 29.5 Å². The molecule has 1 saturated carbocycles. The minimum Gasteiger partial charge on any atom is -0.359 e. The van der Waals surface area contributed by atoms with E-state index in [1.54, 1.807) is 6.20 Å². The molecule has 0 radical (unpaired) electrons. The maximum Gasteiger partial charge on any atom is 0.157 e. The maximum atomic E-state index is 4.64. The first kappa shape index (κ1) is 11.1. The highest BCUT2D eigenvalue weighted by Gasteiger charge is 2.39. The first-order valence-electron chi connectivity index (χ1n) is 6.21. The van der Waals surface area contributed by atoms with E-state index < -0.39 is 0 Å². The summed E-state index contributed by atoms with van der Waals surface area (Å²) in [6.07, 6.45) is 9.03. The Bertz CT molecular complexity index is 410. The average molecular weight is 247 g/mol. The van der Waals surface area contributed by atoms with Crippen LogP contribution in [-0.2, 0) is 6.54 Å². The molecule has 4 heteroatoms. The number of nitrogens with zero attached hydrogens (tertiary/aromatic N) is 2. The molecule has 2 aliphatic rings. The summed E-state index contributed by atoms with van der Waals surface area (Å²) in [5, 5.41) is 4.75. The molecular weight excluding hydrogens is 230 g/mol. The number of thioether (sulfide) groups is 1. The van der Waals surface area contributed by atoms with Gasteiger partial charge in [0.1, 0.15) is 0 Å². The predicted molar refractivity (Wildman–Crippen MR) is 72.2 cm³/mol. The summed E-state index contributed by atoms with van der Waals surface area (Å²) in [6.45, 7) is 0.735. The molecule has 1 saturated heterocycles. The summed E-state index contributed by atoms with van der Waals surface area (Å²) in [7, 11) is 0. The molecule has 1 aromatic rings. The molecule has 0 unspecified atom stereocenters. The zero-order valence-electron chi connectivity index (χ0n) is 9.85.